The van der Waals surface area contributed by atoms with E-state index in [2.05, 4.69) is 32.0 Å². The van der Waals surface area contributed by atoms with Crippen molar-refractivity contribution in [2.45, 2.75) is 40.0 Å². The van der Waals surface area contributed by atoms with E-state index in [9.17, 15) is 5.11 Å². The van der Waals surface area contributed by atoms with Crippen LogP contribution < -0.4 is 0 Å². The quantitative estimate of drug-likeness (QED) is 0.701. The van der Waals surface area contributed by atoms with Crippen LogP contribution in [0, 0.1) is 13.8 Å². The molecule has 0 amide bonds. The molecule has 0 bridgehead atoms. The SMILES string of the molecule is CCc1cc(Cc2c(C)cc(CCP(O)O)cc2C)ccc1O. The third kappa shape index (κ3) is 4.78. The fourth-order valence-corrected chi connectivity index (χ4v) is 3.43. The number of hydrogen-bond acceptors (Lipinski definition) is 3. The summed E-state index contributed by atoms with van der Waals surface area (Å²) in [7, 11) is -1.82. The second-order valence-corrected chi connectivity index (χ2v) is 7.24. The van der Waals surface area contributed by atoms with Crippen molar-refractivity contribution in [2.75, 3.05) is 6.16 Å². The van der Waals surface area contributed by atoms with E-state index in [1.165, 1.54) is 22.3 Å². The van der Waals surface area contributed by atoms with Gasteiger partial charge in [0.1, 0.15) is 5.75 Å². The predicted molar refractivity (Wildman–Crippen MR) is 96.1 cm³/mol. The molecule has 0 aliphatic rings. The van der Waals surface area contributed by atoms with Gasteiger partial charge in [0.05, 0.1) is 0 Å². The monoisotopic (exact) mass is 332 g/mol. The van der Waals surface area contributed by atoms with E-state index in [1.807, 2.05) is 13.0 Å². The minimum atomic E-state index is -1.82. The van der Waals surface area contributed by atoms with Crippen LogP contribution >= 0.6 is 8.38 Å². The Kier molecular flexibility index (Phi) is 6.17. The van der Waals surface area contributed by atoms with Gasteiger partial charge in [-0.15, -0.1) is 0 Å². The topological polar surface area (TPSA) is 60.7 Å². The second kappa shape index (κ2) is 7.92. The van der Waals surface area contributed by atoms with E-state index in [0.717, 1.165) is 24.0 Å². The van der Waals surface area contributed by atoms with Crippen molar-refractivity contribution in [1.82, 2.24) is 0 Å². The molecule has 0 radical (unpaired) electrons. The summed E-state index contributed by atoms with van der Waals surface area (Å²) in [5.41, 5.74) is 7.09. The Balaban J connectivity index is 2.23. The first-order chi connectivity index (χ1) is 10.9. The van der Waals surface area contributed by atoms with Gasteiger partial charge in [-0.1, -0.05) is 31.2 Å². The van der Waals surface area contributed by atoms with E-state index < -0.39 is 8.38 Å². The number of aryl methyl sites for hydroxylation is 4. The lowest BCUT2D eigenvalue weighted by molar-refractivity contribution is 0.468. The van der Waals surface area contributed by atoms with Crippen LogP contribution in [-0.4, -0.2) is 21.1 Å². The average Bonchev–Trinajstić information content (AvgIpc) is 2.50. The van der Waals surface area contributed by atoms with Crippen molar-refractivity contribution in [1.29, 1.82) is 0 Å². The van der Waals surface area contributed by atoms with Crippen LogP contribution in [0.25, 0.3) is 0 Å². The van der Waals surface area contributed by atoms with Crippen molar-refractivity contribution >= 4 is 8.38 Å². The van der Waals surface area contributed by atoms with Crippen LogP contribution in [0.15, 0.2) is 30.3 Å². The maximum Gasteiger partial charge on any atom is 0.165 e. The third-order valence-electron chi connectivity index (χ3n) is 4.26. The molecule has 0 unspecified atom stereocenters. The van der Waals surface area contributed by atoms with Gasteiger partial charge in [0.2, 0.25) is 0 Å². The van der Waals surface area contributed by atoms with Gasteiger partial charge < -0.3 is 14.9 Å². The molecule has 3 nitrogen and oxygen atoms in total. The number of aromatic hydroxyl groups is 1. The number of phenolic OH excluding ortho intramolecular Hbond substituents is 1. The molecule has 0 fully saturated rings. The molecule has 0 atom stereocenters. The average molecular weight is 332 g/mol. The van der Waals surface area contributed by atoms with Crippen molar-refractivity contribution < 1.29 is 14.9 Å². The van der Waals surface area contributed by atoms with Crippen molar-refractivity contribution in [3.05, 3.63) is 63.7 Å². The van der Waals surface area contributed by atoms with Crippen molar-refractivity contribution in [3.8, 4) is 5.75 Å². The van der Waals surface area contributed by atoms with Crippen LogP contribution in [0.3, 0.4) is 0 Å². The minimum Gasteiger partial charge on any atom is -0.508 e. The smallest absolute Gasteiger partial charge is 0.165 e. The highest BCUT2D eigenvalue weighted by atomic mass is 31.2. The van der Waals surface area contributed by atoms with Gasteiger partial charge in [0.15, 0.2) is 8.38 Å². The molecule has 124 valence electrons. The molecule has 0 heterocycles. The molecule has 2 aromatic rings. The normalized spacial score (nSPS) is 11.2. The van der Waals surface area contributed by atoms with Gasteiger partial charge >= 0.3 is 0 Å². The highest BCUT2D eigenvalue weighted by Crippen LogP contribution is 2.27. The Labute approximate surface area is 139 Å². The Morgan fingerprint density at radius 2 is 1.61 bits per heavy atom. The number of hydrogen-bond donors (Lipinski definition) is 3. The van der Waals surface area contributed by atoms with Crippen molar-refractivity contribution in [2.24, 2.45) is 0 Å². The van der Waals surface area contributed by atoms with E-state index in [-0.39, 0.29) is 0 Å². The number of phenols is 1. The molecule has 2 rings (SSSR count). The first kappa shape index (κ1) is 17.9. The highest BCUT2D eigenvalue weighted by Gasteiger charge is 2.09. The fraction of sp³-hybridized carbons (Fsp3) is 0.368. The van der Waals surface area contributed by atoms with Gasteiger partial charge in [-0.3, -0.25) is 0 Å². The molecule has 4 heteroatoms. The first-order valence-electron chi connectivity index (χ1n) is 7.95. The molecular weight excluding hydrogens is 307 g/mol. The first-order valence-corrected chi connectivity index (χ1v) is 9.39. The Bertz CT molecular complexity index is 657. The third-order valence-corrected chi connectivity index (χ3v) is 4.89. The Morgan fingerprint density at radius 1 is 0.957 bits per heavy atom. The minimum absolute atomic E-state index is 0.365. The maximum atomic E-state index is 9.81. The zero-order valence-electron chi connectivity index (χ0n) is 14.0. The van der Waals surface area contributed by atoms with Gasteiger partial charge in [0, 0.05) is 6.16 Å². The summed E-state index contributed by atoms with van der Waals surface area (Å²) in [4.78, 5) is 18.1. The summed E-state index contributed by atoms with van der Waals surface area (Å²) < 4.78 is 0. The van der Waals surface area contributed by atoms with Crippen LogP contribution in [0.4, 0.5) is 0 Å². The lowest BCUT2D eigenvalue weighted by Gasteiger charge is -2.14. The highest BCUT2D eigenvalue weighted by molar-refractivity contribution is 7.45. The number of benzene rings is 2. The molecule has 0 saturated carbocycles. The van der Waals surface area contributed by atoms with Gasteiger partial charge in [-0.25, -0.2) is 0 Å². The van der Waals surface area contributed by atoms with Crippen molar-refractivity contribution in [3.63, 3.8) is 0 Å². The van der Waals surface area contributed by atoms with E-state index in [0.29, 0.717) is 18.3 Å². The van der Waals surface area contributed by atoms with Crippen LogP contribution in [0.1, 0.15) is 40.3 Å². The summed E-state index contributed by atoms with van der Waals surface area (Å²) in [5, 5.41) is 9.81. The summed E-state index contributed by atoms with van der Waals surface area (Å²) in [5.74, 6) is 0.365. The van der Waals surface area contributed by atoms with E-state index in [4.69, 9.17) is 9.79 Å². The maximum absolute atomic E-state index is 9.81. The Morgan fingerprint density at radius 3 is 2.17 bits per heavy atom. The molecular formula is C19H25O3P. The van der Waals surface area contributed by atoms with Gasteiger partial charge in [0.25, 0.3) is 0 Å². The van der Waals surface area contributed by atoms with Crippen LogP contribution in [0.2, 0.25) is 0 Å². The van der Waals surface area contributed by atoms with Gasteiger partial charge in [-0.05, 0) is 72.6 Å². The molecule has 0 saturated heterocycles. The molecule has 3 N–H and O–H groups in total. The predicted octanol–water partition coefficient (Wildman–Crippen LogP) is 4.00. The van der Waals surface area contributed by atoms with E-state index in [1.54, 1.807) is 6.07 Å². The summed E-state index contributed by atoms with van der Waals surface area (Å²) in [6.45, 7) is 6.25. The largest absolute Gasteiger partial charge is 0.508 e. The zero-order chi connectivity index (χ0) is 17.0. The van der Waals surface area contributed by atoms with Crippen LogP contribution in [-0.2, 0) is 19.3 Å². The summed E-state index contributed by atoms with van der Waals surface area (Å²) >= 11 is 0. The second-order valence-electron chi connectivity index (χ2n) is 6.05. The standard InChI is InChI=1S/C19H25O3P/c1-4-17-11-15(5-6-19(17)20)12-18-13(2)9-16(10-14(18)3)7-8-23(21)22/h5-6,9-11,20-22H,4,7-8,12H2,1-3H3. The molecule has 23 heavy (non-hydrogen) atoms. The number of rotatable bonds is 6. The van der Waals surface area contributed by atoms with Crippen LogP contribution in [0.5, 0.6) is 5.75 Å². The molecule has 2 aromatic carbocycles. The lowest BCUT2D eigenvalue weighted by atomic mass is 9.92. The van der Waals surface area contributed by atoms with Gasteiger partial charge in [-0.2, -0.15) is 0 Å². The van der Waals surface area contributed by atoms with E-state index >= 15 is 0 Å². The Hall–Kier alpha value is -1.41. The fourth-order valence-electron chi connectivity index (χ4n) is 2.97. The molecule has 0 aliphatic carbocycles. The summed E-state index contributed by atoms with van der Waals surface area (Å²) in [6, 6.07) is 10.1. The lowest BCUT2D eigenvalue weighted by Crippen LogP contribution is -2.00. The molecule has 0 spiro atoms. The molecule has 0 aromatic heterocycles. The molecule has 0 aliphatic heterocycles. The zero-order valence-corrected chi connectivity index (χ0v) is 14.9. The summed E-state index contributed by atoms with van der Waals surface area (Å²) in [6.07, 6.45) is 2.78.